The van der Waals surface area contributed by atoms with Gasteiger partial charge in [-0.15, -0.1) is 24.8 Å². The third-order valence-electron chi connectivity index (χ3n) is 5.09. The summed E-state index contributed by atoms with van der Waals surface area (Å²) in [7, 11) is 0. The molecule has 0 aliphatic carbocycles. The Labute approximate surface area is 162 Å². The van der Waals surface area contributed by atoms with E-state index in [0.717, 1.165) is 51.3 Å². The van der Waals surface area contributed by atoms with Crippen molar-refractivity contribution in [1.82, 2.24) is 10.2 Å². The van der Waals surface area contributed by atoms with Crippen molar-refractivity contribution >= 4 is 36.4 Å². The Balaban J connectivity index is 0.00000156. The highest BCUT2D eigenvalue weighted by Crippen LogP contribution is 2.20. The van der Waals surface area contributed by atoms with Crippen LogP contribution in [0.5, 0.6) is 0 Å². The Morgan fingerprint density at radius 1 is 1.32 bits per heavy atom. The highest BCUT2D eigenvalue weighted by atomic mass is 35.5. The van der Waals surface area contributed by atoms with Crippen LogP contribution >= 0.6 is 24.8 Å². The minimum atomic E-state index is -0.139. The molecule has 2 heterocycles. The summed E-state index contributed by atoms with van der Waals surface area (Å²) >= 11 is 0. The number of nitrogens with one attached hydrogen (secondary N) is 2. The fourth-order valence-corrected chi connectivity index (χ4v) is 3.22. The molecule has 2 aliphatic heterocycles. The summed E-state index contributed by atoms with van der Waals surface area (Å²) in [5.41, 5.74) is 2.08. The van der Waals surface area contributed by atoms with E-state index < -0.39 is 0 Å². The maximum absolute atomic E-state index is 12.3. The molecule has 142 valence electrons. The first kappa shape index (κ1) is 22.2. The van der Waals surface area contributed by atoms with Gasteiger partial charge in [0.05, 0.1) is 6.10 Å². The highest BCUT2D eigenvalue weighted by molar-refractivity contribution is 5.92. The second kappa shape index (κ2) is 10.3. The van der Waals surface area contributed by atoms with E-state index in [1.54, 1.807) is 0 Å². The summed E-state index contributed by atoms with van der Waals surface area (Å²) in [6, 6.07) is 8.11. The zero-order valence-corrected chi connectivity index (χ0v) is 16.2. The van der Waals surface area contributed by atoms with E-state index in [9.17, 15) is 9.90 Å². The molecular formula is C18H29Cl2N3O2. The Morgan fingerprint density at radius 3 is 2.60 bits per heavy atom. The molecule has 1 aromatic rings. The van der Waals surface area contributed by atoms with E-state index in [1.165, 1.54) is 5.56 Å². The van der Waals surface area contributed by atoms with Crippen LogP contribution in [0.25, 0.3) is 0 Å². The molecule has 7 heteroatoms. The molecule has 2 saturated heterocycles. The van der Waals surface area contributed by atoms with Gasteiger partial charge in [-0.2, -0.15) is 0 Å². The molecule has 1 atom stereocenters. The molecule has 1 aromatic carbocycles. The van der Waals surface area contributed by atoms with E-state index in [1.807, 2.05) is 19.1 Å². The largest absolute Gasteiger partial charge is 0.393 e. The first-order chi connectivity index (χ1) is 11.1. The van der Waals surface area contributed by atoms with Gasteiger partial charge in [-0.3, -0.25) is 9.69 Å². The molecule has 2 aliphatic rings. The van der Waals surface area contributed by atoms with E-state index in [-0.39, 0.29) is 42.7 Å². The summed E-state index contributed by atoms with van der Waals surface area (Å²) in [5, 5.41) is 15.8. The standard InChI is InChI=1S/C18H27N3O2.2ClH/c1-13(15-10-19-11-15)18(23)20-16-4-2-3-14(9-16)12-21-7-5-17(22)6-8-21;;/h2-4,9,13,15,17,19,22H,5-8,10-12H2,1H3,(H,20,23);2*1H. The van der Waals surface area contributed by atoms with Crippen LogP contribution in [0.2, 0.25) is 0 Å². The number of anilines is 1. The van der Waals surface area contributed by atoms with Gasteiger partial charge in [0, 0.05) is 31.2 Å². The first-order valence-electron chi connectivity index (χ1n) is 8.63. The van der Waals surface area contributed by atoms with Gasteiger partial charge in [-0.05, 0) is 49.5 Å². The molecule has 3 rings (SSSR count). The van der Waals surface area contributed by atoms with Crippen molar-refractivity contribution in [3.63, 3.8) is 0 Å². The van der Waals surface area contributed by atoms with Crippen LogP contribution in [0.4, 0.5) is 5.69 Å². The molecule has 0 radical (unpaired) electrons. The number of benzene rings is 1. The molecule has 1 amide bonds. The van der Waals surface area contributed by atoms with Gasteiger partial charge in [0.15, 0.2) is 0 Å². The van der Waals surface area contributed by atoms with Gasteiger partial charge >= 0.3 is 0 Å². The number of carbonyl (C=O) groups excluding carboxylic acids is 1. The number of hydrogen-bond donors (Lipinski definition) is 3. The summed E-state index contributed by atoms with van der Waals surface area (Å²) < 4.78 is 0. The van der Waals surface area contributed by atoms with E-state index >= 15 is 0 Å². The summed E-state index contributed by atoms with van der Waals surface area (Å²) in [6.07, 6.45) is 1.56. The van der Waals surface area contributed by atoms with Crippen LogP contribution in [0.1, 0.15) is 25.3 Å². The molecule has 25 heavy (non-hydrogen) atoms. The lowest BCUT2D eigenvalue weighted by Gasteiger charge is -2.31. The minimum Gasteiger partial charge on any atom is -0.393 e. The van der Waals surface area contributed by atoms with Crippen LogP contribution < -0.4 is 10.6 Å². The van der Waals surface area contributed by atoms with Crippen LogP contribution in [0.15, 0.2) is 24.3 Å². The zero-order valence-electron chi connectivity index (χ0n) is 14.6. The topological polar surface area (TPSA) is 64.6 Å². The summed E-state index contributed by atoms with van der Waals surface area (Å²) in [6.45, 7) is 6.63. The molecule has 2 fully saturated rings. The lowest BCUT2D eigenvalue weighted by molar-refractivity contribution is -0.121. The van der Waals surface area contributed by atoms with Gasteiger partial charge in [0.25, 0.3) is 0 Å². The molecular weight excluding hydrogens is 361 g/mol. The zero-order chi connectivity index (χ0) is 16.2. The Bertz CT molecular complexity index is 547. The third kappa shape index (κ3) is 6.12. The number of piperidine rings is 1. The lowest BCUT2D eigenvalue weighted by Crippen LogP contribution is -2.48. The van der Waals surface area contributed by atoms with Crippen molar-refractivity contribution in [1.29, 1.82) is 0 Å². The van der Waals surface area contributed by atoms with Crippen molar-refractivity contribution < 1.29 is 9.90 Å². The molecule has 0 aromatic heterocycles. The van der Waals surface area contributed by atoms with Gasteiger partial charge in [-0.1, -0.05) is 19.1 Å². The number of rotatable bonds is 5. The quantitative estimate of drug-likeness (QED) is 0.722. The maximum atomic E-state index is 12.3. The normalized spacial score (nSPS) is 19.9. The Hall–Kier alpha value is -0.850. The second-order valence-electron chi connectivity index (χ2n) is 6.90. The number of carbonyl (C=O) groups is 1. The van der Waals surface area contributed by atoms with Crippen molar-refractivity contribution in [2.75, 3.05) is 31.5 Å². The van der Waals surface area contributed by atoms with Crippen LogP contribution in [0, 0.1) is 11.8 Å². The molecule has 1 unspecified atom stereocenters. The van der Waals surface area contributed by atoms with Crippen molar-refractivity contribution in [3.8, 4) is 0 Å². The molecule has 5 nitrogen and oxygen atoms in total. The minimum absolute atomic E-state index is 0. The van der Waals surface area contributed by atoms with Crippen LogP contribution in [-0.2, 0) is 11.3 Å². The van der Waals surface area contributed by atoms with Crippen molar-refractivity contribution in [3.05, 3.63) is 29.8 Å². The number of amides is 1. The number of nitrogens with zero attached hydrogens (tertiary/aromatic N) is 1. The van der Waals surface area contributed by atoms with Gasteiger partial charge in [0.2, 0.25) is 5.91 Å². The predicted molar refractivity (Wildman–Crippen MR) is 106 cm³/mol. The van der Waals surface area contributed by atoms with E-state index in [2.05, 4.69) is 27.7 Å². The number of hydrogen-bond acceptors (Lipinski definition) is 4. The lowest BCUT2D eigenvalue weighted by atomic mass is 9.88. The number of halogens is 2. The predicted octanol–water partition coefficient (Wildman–Crippen LogP) is 2.28. The molecule has 3 N–H and O–H groups in total. The third-order valence-corrected chi connectivity index (χ3v) is 5.09. The first-order valence-corrected chi connectivity index (χ1v) is 8.63. The molecule has 0 spiro atoms. The fraction of sp³-hybridized carbons (Fsp3) is 0.611. The average molecular weight is 390 g/mol. The highest BCUT2D eigenvalue weighted by Gasteiger charge is 2.28. The average Bonchev–Trinajstić information content (AvgIpc) is 2.48. The summed E-state index contributed by atoms with van der Waals surface area (Å²) in [5.74, 6) is 0.608. The van der Waals surface area contributed by atoms with Crippen LogP contribution in [-0.4, -0.2) is 48.2 Å². The monoisotopic (exact) mass is 389 g/mol. The number of aliphatic hydroxyl groups excluding tert-OH is 1. The van der Waals surface area contributed by atoms with Gasteiger partial charge in [-0.25, -0.2) is 0 Å². The Morgan fingerprint density at radius 2 is 2.00 bits per heavy atom. The van der Waals surface area contributed by atoms with E-state index in [4.69, 9.17) is 0 Å². The SMILES string of the molecule is CC(C(=O)Nc1cccc(CN2CCC(O)CC2)c1)C1CNC1.Cl.Cl. The van der Waals surface area contributed by atoms with Crippen molar-refractivity contribution in [2.45, 2.75) is 32.4 Å². The maximum Gasteiger partial charge on any atom is 0.227 e. The van der Waals surface area contributed by atoms with Crippen LogP contribution in [0.3, 0.4) is 0 Å². The second-order valence-corrected chi connectivity index (χ2v) is 6.90. The van der Waals surface area contributed by atoms with Gasteiger partial charge in [0.1, 0.15) is 0 Å². The number of likely N-dealkylation sites (tertiary alicyclic amines) is 1. The fourth-order valence-electron chi connectivity index (χ4n) is 3.22. The smallest absolute Gasteiger partial charge is 0.227 e. The number of aliphatic hydroxyl groups is 1. The van der Waals surface area contributed by atoms with Crippen molar-refractivity contribution in [2.24, 2.45) is 11.8 Å². The van der Waals surface area contributed by atoms with E-state index in [0.29, 0.717) is 5.92 Å². The molecule has 0 bridgehead atoms. The molecule has 0 saturated carbocycles. The Kier molecular flexibility index (Phi) is 9.17. The summed E-state index contributed by atoms with van der Waals surface area (Å²) in [4.78, 5) is 14.7. The van der Waals surface area contributed by atoms with Gasteiger partial charge < -0.3 is 15.7 Å².